The molecule has 20 heavy (non-hydrogen) atoms. The molecule has 1 atom stereocenters. The molecule has 6 nitrogen and oxygen atoms in total. The van der Waals surface area contributed by atoms with Crippen molar-refractivity contribution >= 4 is 11.8 Å². The first-order valence-corrected chi connectivity index (χ1v) is 7.16. The summed E-state index contributed by atoms with van der Waals surface area (Å²) in [7, 11) is 3.06. The second-order valence-electron chi connectivity index (χ2n) is 5.77. The molecule has 2 amide bonds. The highest BCUT2D eigenvalue weighted by Crippen LogP contribution is 2.49. The molecule has 1 aliphatic carbocycles. The summed E-state index contributed by atoms with van der Waals surface area (Å²) in [5, 5.41) is 3.05. The minimum Gasteiger partial charge on any atom is -0.375 e. The molecule has 1 unspecified atom stereocenters. The van der Waals surface area contributed by atoms with E-state index >= 15 is 0 Å². The zero-order valence-electron chi connectivity index (χ0n) is 12.3. The summed E-state index contributed by atoms with van der Waals surface area (Å²) in [4.78, 5) is 25.2. The van der Waals surface area contributed by atoms with Crippen LogP contribution in [0.4, 0.5) is 0 Å². The molecule has 1 spiro atoms. The Kier molecular flexibility index (Phi) is 4.99. The lowest BCUT2D eigenvalue weighted by molar-refractivity contribution is -0.140. The number of rotatable bonds is 5. The van der Waals surface area contributed by atoms with Crippen LogP contribution in [0.15, 0.2) is 0 Å². The second kappa shape index (κ2) is 6.54. The van der Waals surface area contributed by atoms with Gasteiger partial charge in [-0.05, 0) is 31.1 Å². The largest absolute Gasteiger partial charge is 0.375 e. The topological polar surface area (TPSA) is 67.9 Å². The van der Waals surface area contributed by atoms with Gasteiger partial charge in [-0.2, -0.15) is 0 Å². The molecule has 1 heterocycles. The molecule has 0 aromatic rings. The first-order chi connectivity index (χ1) is 9.61. The molecule has 114 valence electrons. The Bertz CT molecular complexity index is 364. The highest BCUT2D eigenvalue weighted by molar-refractivity contribution is 5.78. The van der Waals surface area contributed by atoms with Gasteiger partial charge in [-0.3, -0.25) is 9.59 Å². The first-order valence-electron chi connectivity index (χ1n) is 7.16. The van der Waals surface area contributed by atoms with Crippen molar-refractivity contribution in [2.24, 2.45) is 5.41 Å². The average molecular weight is 284 g/mol. The van der Waals surface area contributed by atoms with Crippen molar-refractivity contribution in [1.29, 1.82) is 0 Å². The van der Waals surface area contributed by atoms with Crippen molar-refractivity contribution < 1.29 is 19.1 Å². The van der Waals surface area contributed by atoms with E-state index < -0.39 is 0 Å². The maximum Gasteiger partial charge on any atom is 0.248 e. The standard InChI is InChI=1S/C14H24N2O4/c1-19-9-12(17)15-11-3-4-14(11)5-7-16(8-6-14)13(18)10-20-2/h11H,3-10H2,1-2H3,(H,15,17). The summed E-state index contributed by atoms with van der Waals surface area (Å²) in [6.07, 6.45) is 4.08. The van der Waals surface area contributed by atoms with Gasteiger partial charge in [-0.1, -0.05) is 0 Å². The Morgan fingerprint density at radius 2 is 1.80 bits per heavy atom. The summed E-state index contributed by atoms with van der Waals surface area (Å²) in [5.41, 5.74) is 0.188. The molecule has 1 N–H and O–H groups in total. The van der Waals surface area contributed by atoms with Crippen LogP contribution in [0.2, 0.25) is 0 Å². The minimum atomic E-state index is -0.0468. The Balaban J connectivity index is 1.83. The normalized spacial score (nSPS) is 24.3. The van der Waals surface area contributed by atoms with Crippen LogP contribution in [0, 0.1) is 5.41 Å². The Hall–Kier alpha value is -1.14. The van der Waals surface area contributed by atoms with E-state index in [1.54, 1.807) is 0 Å². The van der Waals surface area contributed by atoms with Gasteiger partial charge in [-0.15, -0.1) is 0 Å². The van der Waals surface area contributed by atoms with E-state index in [0.717, 1.165) is 38.8 Å². The van der Waals surface area contributed by atoms with Crippen LogP contribution in [0.1, 0.15) is 25.7 Å². The minimum absolute atomic E-state index is 0.0468. The van der Waals surface area contributed by atoms with Crippen LogP contribution >= 0.6 is 0 Å². The van der Waals surface area contributed by atoms with Crippen molar-refractivity contribution in [3.8, 4) is 0 Å². The third-order valence-corrected chi connectivity index (χ3v) is 4.66. The summed E-state index contributed by atoms with van der Waals surface area (Å²) in [5.74, 6) is 0.0103. The zero-order chi connectivity index (χ0) is 14.6. The van der Waals surface area contributed by atoms with Crippen molar-refractivity contribution in [3.05, 3.63) is 0 Å². The molecule has 1 saturated heterocycles. The summed E-state index contributed by atoms with van der Waals surface area (Å²) in [6.45, 7) is 1.80. The summed E-state index contributed by atoms with van der Waals surface area (Å²) < 4.78 is 9.73. The lowest BCUT2D eigenvalue weighted by atomic mass is 9.59. The maximum absolute atomic E-state index is 11.8. The van der Waals surface area contributed by atoms with Gasteiger partial charge < -0.3 is 19.7 Å². The van der Waals surface area contributed by atoms with Gasteiger partial charge >= 0.3 is 0 Å². The Labute approximate surface area is 119 Å². The molecular weight excluding hydrogens is 260 g/mol. The molecule has 0 aromatic heterocycles. The van der Waals surface area contributed by atoms with E-state index in [1.807, 2.05) is 4.90 Å². The average Bonchev–Trinajstić information content (AvgIpc) is 2.44. The van der Waals surface area contributed by atoms with Crippen molar-refractivity contribution in [2.45, 2.75) is 31.7 Å². The van der Waals surface area contributed by atoms with E-state index in [0.29, 0.717) is 0 Å². The molecule has 0 aromatic carbocycles. The molecule has 6 heteroatoms. The highest BCUT2D eigenvalue weighted by atomic mass is 16.5. The molecule has 0 radical (unpaired) electrons. The quantitative estimate of drug-likeness (QED) is 0.781. The van der Waals surface area contributed by atoms with E-state index in [4.69, 9.17) is 9.47 Å². The molecular formula is C14H24N2O4. The van der Waals surface area contributed by atoms with Gasteiger partial charge in [-0.25, -0.2) is 0 Å². The number of nitrogens with one attached hydrogen (secondary N) is 1. The number of likely N-dealkylation sites (tertiary alicyclic amines) is 1. The van der Waals surface area contributed by atoms with Crippen LogP contribution in [0.25, 0.3) is 0 Å². The van der Waals surface area contributed by atoms with E-state index in [1.165, 1.54) is 14.2 Å². The number of carbonyl (C=O) groups is 2. The van der Waals surface area contributed by atoms with E-state index in [-0.39, 0.29) is 36.5 Å². The Morgan fingerprint density at radius 3 is 2.30 bits per heavy atom. The first kappa shape index (κ1) is 15.3. The van der Waals surface area contributed by atoms with Crippen LogP contribution in [-0.2, 0) is 19.1 Å². The summed E-state index contributed by atoms with van der Waals surface area (Å²) >= 11 is 0. The molecule has 1 saturated carbocycles. The number of carbonyl (C=O) groups excluding carboxylic acids is 2. The summed E-state index contributed by atoms with van der Waals surface area (Å²) in [6, 6.07) is 0.241. The van der Waals surface area contributed by atoms with Gasteiger partial charge in [0.2, 0.25) is 11.8 Å². The predicted octanol–water partition coefficient (Wildman–Crippen LogP) is 0.167. The lowest BCUT2D eigenvalue weighted by Gasteiger charge is -2.54. The zero-order valence-corrected chi connectivity index (χ0v) is 12.3. The van der Waals surface area contributed by atoms with Crippen LogP contribution in [0.3, 0.4) is 0 Å². The van der Waals surface area contributed by atoms with Gasteiger partial charge in [0.05, 0.1) is 0 Å². The van der Waals surface area contributed by atoms with E-state index in [2.05, 4.69) is 5.32 Å². The van der Waals surface area contributed by atoms with Crippen molar-refractivity contribution in [1.82, 2.24) is 10.2 Å². The fourth-order valence-electron chi connectivity index (χ4n) is 3.30. The Morgan fingerprint density at radius 1 is 1.15 bits per heavy atom. The van der Waals surface area contributed by atoms with Crippen LogP contribution in [-0.4, -0.2) is 63.3 Å². The fraction of sp³-hybridized carbons (Fsp3) is 0.857. The third-order valence-electron chi connectivity index (χ3n) is 4.66. The number of hydrogen-bond acceptors (Lipinski definition) is 4. The molecule has 2 aliphatic rings. The SMILES string of the molecule is COCC(=O)NC1CCC12CCN(C(=O)COC)CC2. The molecule has 1 aliphatic heterocycles. The number of nitrogens with zero attached hydrogens (tertiary/aromatic N) is 1. The number of methoxy groups -OCH3 is 2. The molecule has 2 rings (SSSR count). The molecule has 2 fully saturated rings. The van der Waals surface area contributed by atoms with Gasteiger partial charge in [0.1, 0.15) is 13.2 Å². The van der Waals surface area contributed by atoms with Crippen molar-refractivity contribution in [3.63, 3.8) is 0 Å². The lowest BCUT2D eigenvalue weighted by Crippen LogP contribution is -2.60. The number of amides is 2. The maximum atomic E-state index is 11.8. The smallest absolute Gasteiger partial charge is 0.248 e. The third kappa shape index (κ3) is 3.12. The number of piperidine rings is 1. The van der Waals surface area contributed by atoms with Crippen LogP contribution < -0.4 is 5.32 Å². The van der Waals surface area contributed by atoms with Crippen molar-refractivity contribution in [2.75, 3.05) is 40.5 Å². The predicted molar refractivity (Wildman–Crippen MR) is 73.2 cm³/mol. The van der Waals surface area contributed by atoms with Gasteiger partial charge in [0.15, 0.2) is 0 Å². The van der Waals surface area contributed by atoms with Crippen LogP contribution in [0.5, 0.6) is 0 Å². The van der Waals surface area contributed by atoms with Gasteiger partial charge in [0, 0.05) is 33.4 Å². The van der Waals surface area contributed by atoms with Gasteiger partial charge in [0.25, 0.3) is 0 Å². The fourth-order valence-corrected chi connectivity index (χ4v) is 3.30. The number of ether oxygens (including phenoxy) is 2. The monoisotopic (exact) mass is 284 g/mol. The second-order valence-corrected chi connectivity index (χ2v) is 5.77. The molecule has 0 bridgehead atoms. The highest BCUT2D eigenvalue weighted by Gasteiger charge is 2.49. The number of hydrogen-bond donors (Lipinski definition) is 1. The van der Waals surface area contributed by atoms with E-state index in [9.17, 15) is 9.59 Å².